The van der Waals surface area contributed by atoms with Crippen LogP contribution in [0.4, 0.5) is 4.79 Å². The van der Waals surface area contributed by atoms with E-state index in [1.807, 2.05) is 6.92 Å². The molecule has 21 heavy (non-hydrogen) atoms. The summed E-state index contributed by atoms with van der Waals surface area (Å²) in [5.74, 6) is -0.596. The number of carboxylic acids is 1. The number of carboxylic acid groups (broad SMARTS) is 1. The molecule has 5 heteroatoms. The second-order valence-corrected chi connectivity index (χ2v) is 6.55. The van der Waals surface area contributed by atoms with Gasteiger partial charge in [-0.2, -0.15) is 0 Å². The van der Waals surface area contributed by atoms with Crippen LogP contribution in [0, 0.1) is 11.8 Å². The van der Waals surface area contributed by atoms with E-state index in [-0.39, 0.29) is 18.6 Å². The highest BCUT2D eigenvalue weighted by atomic mass is 16.4. The molecule has 0 heterocycles. The summed E-state index contributed by atoms with van der Waals surface area (Å²) < 4.78 is 0. The van der Waals surface area contributed by atoms with Gasteiger partial charge in [0.25, 0.3) is 0 Å². The van der Waals surface area contributed by atoms with E-state index in [9.17, 15) is 9.59 Å². The number of hydrogen-bond acceptors (Lipinski definition) is 2. The first-order valence-electron chi connectivity index (χ1n) is 8.14. The summed E-state index contributed by atoms with van der Waals surface area (Å²) in [6, 6.07) is -0.0405. The number of urea groups is 1. The predicted molar refractivity (Wildman–Crippen MR) is 83.2 cm³/mol. The molecule has 1 saturated carbocycles. The summed E-state index contributed by atoms with van der Waals surface area (Å²) in [6.07, 6.45) is 8.90. The van der Waals surface area contributed by atoms with Crippen LogP contribution in [0.2, 0.25) is 0 Å². The Morgan fingerprint density at radius 3 is 2.43 bits per heavy atom. The highest BCUT2D eigenvalue weighted by molar-refractivity contribution is 5.75. The van der Waals surface area contributed by atoms with Gasteiger partial charge in [0, 0.05) is 19.6 Å². The Morgan fingerprint density at radius 1 is 1.24 bits per heavy atom. The second kappa shape index (κ2) is 8.90. The van der Waals surface area contributed by atoms with Gasteiger partial charge in [-0.3, -0.25) is 4.79 Å². The largest absolute Gasteiger partial charge is 0.481 e. The second-order valence-electron chi connectivity index (χ2n) is 6.55. The minimum Gasteiger partial charge on any atom is -0.481 e. The zero-order chi connectivity index (χ0) is 15.8. The van der Waals surface area contributed by atoms with Crippen molar-refractivity contribution < 1.29 is 14.7 Å². The number of carbonyl (C=O) groups is 2. The topological polar surface area (TPSA) is 69.6 Å². The van der Waals surface area contributed by atoms with E-state index >= 15 is 0 Å². The fourth-order valence-electron chi connectivity index (χ4n) is 2.93. The predicted octanol–water partition coefficient (Wildman–Crippen LogP) is 3.10. The molecule has 1 aliphatic rings. The maximum absolute atomic E-state index is 12.0. The first-order valence-corrected chi connectivity index (χ1v) is 8.14. The molecule has 2 N–H and O–H groups in total. The minimum atomic E-state index is -0.875. The summed E-state index contributed by atoms with van der Waals surface area (Å²) in [5.41, 5.74) is 0. The van der Waals surface area contributed by atoms with Gasteiger partial charge < -0.3 is 15.3 Å². The standard InChI is InChI=1S/C16H30N2O3/c1-12(15(19)20)11-18(3)16(21)17-13(2)9-10-14-7-5-4-6-8-14/h12-14H,4-11H2,1-3H3,(H,17,21)(H,19,20). The fraction of sp³-hybridized carbons (Fsp3) is 0.875. The molecule has 0 aromatic carbocycles. The molecule has 2 amide bonds. The van der Waals surface area contributed by atoms with Crippen molar-refractivity contribution in [2.75, 3.05) is 13.6 Å². The zero-order valence-electron chi connectivity index (χ0n) is 13.6. The normalized spacial score (nSPS) is 18.8. The molecule has 122 valence electrons. The van der Waals surface area contributed by atoms with Crippen molar-refractivity contribution in [3.8, 4) is 0 Å². The molecule has 5 nitrogen and oxygen atoms in total. The van der Waals surface area contributed by atoms with Gasteiger partial charge in [-0.1, -0.05) is 39.0 Å². The summed E-state index contributed by atoms with van der Waals surface area (Å²) in [7, 11) is 1.64. The van der Waals surface area contributed by atoms with Gasteiger partial charge in [-0.15, -0.1) is 0 Å². The van der Waals surface area contributed by atoms with Crippen molar-refractivity contribution >= 4 is 12.0 Å². The van der Waals surface area contributed by atoms with Crippen molar-refractivity contribution in [1.29, 1.82) is 0 Å². The summed E-state index contributed by atoms with van der Waals surface area (Å²) in [5, 5.41) is 11.8. The SMILES string of the molecule is CC(CCC1CCCCC1)NC(=O)N(C)CC(C)C(=O)O. The number of aliphatic carboxylic acids is 1. The number of nitrogens with one attached hydrogen (secondary N) is 1. The number of carbonyl (C=O) groups excluding carboxylic acids is 1. The highest BCUT2D eigenvalue weighted by Crippen LogP contribution is 2.27. The van der Waals surface area contributed by atoms with Crippen molar-refractivity contribution in [1.82, 2.24) is 10.2 Å². The van der Waals surface area contributed by atoms with Crippen LogP contribution in [0.15, 0.2) is 0 Å². The Kier molecular flexibility index (Phi) is 7.54. The van der Waals surface area contributed by atoms with Gasteiger partial charge in [0.1, 0.15) is 0 Å². The first kappa shape index (κ1) is 17.8. The van der Waals surface area contributed by atoms with Crippen molar-refractivity contribution in [3.05, 3.63) is 0 Å². The number of amides is 2. The first-order chi connectivity index (χ1) is 9.90. The molecule has 1 fully saturated rings. The maximum Gasteiger partial charge on any atom is 0.317 e. The summed E-state index contributed by atoms with van der Waals surface area (Å²) >= 11 is 0. The third kappa shape index (κ3) is 6.82. The van der Waals surface area contributed by atoms with Crippen LogP contribution in [-0.4, -0.2) is 41.6 Å². The average Bonchev–Trinajstić information content (AvgIpc) is 2.45. The summed E-state index contributed by atoms with van der Waals surface area (Å²) in [6.45, 7) is 3.87. The third-order valence-corrected chi connectivity index (χ3v) is 4.42. The van der Waals surface area contributed by atoms with E-state index in [1.54, 1.807) is 14.0 Å². The van der Waals surface area contributed by atoms with E-state index in [0.717, 1.165) is 12.3 Å². The quantitative estimate of drug-likeness (QED) is 0.759. The third-order valence-electron chi connectivity index (χ3n) is 4.42. The van der Waals surface area contributed by atoms with Gasteiger partial charge in [-0.25, -0.2) is 4.79 Å². The molecule has 0 spiro atoms. The Bertz CT molecular complexity index is 340. The molecule has 0 bridgehead atoms. The highest BCUT2D eigenvalue weighted by Gasteiger charge is 2.19. The fourth-order valence-corrected chi connectivity index (χ4v) is 2.93. The Morgan fingerprint density at radius 2 is 1.86 bits per heavy atom. The van der Waals surface area contributed by atoms with Gasteiger partial charge >= 0.3 is 12.0 Å². The van der Waals surface area contributed by atoms with Gasteiger partial charge in [-0.05, 0) is 25.7 Å². The van der Waals surface area contributed by atoms with E-state index in [0.29, 0.717) is 0 Å². The van der Waals surface area contributed by atoms with Gasteiger partial charge in [0.05, 0.1) is 5.92 Å². The lowest BCUT2D eigenvalue weighted by Gasteiger charge is -2.25. The lowest BCUT2D eigenvalue weighted by molar-refractivity contribution is -0.141. The van der Waals surface area contributed by atoms with Crippen LogP contribution in [0.5, 0.6) is 0 Å². The molecule has 0 aromatic heterocycles. The molecular formula is C16H30N2O3. The van der Waals surface area contributed by atoms with Crippen molar-refractivity contribution in [2.45, 2.75) is 64.8 Å². The summed E-state index contributed by atoms with van der Waals surface area (Å²) in [4.78, 5) is 24.2. The minimum absolute atomic E-state index is 0.141. The zero-order valence-corrected chi connectivity index (χ0v) is 13.6. The number of rotatable bonds is 7. The van der Waals surface area contributed by atoms with Gasteiger partial charge in [0.2, 0.25) is 0 Å². The Labute approximate surface area is 128 Å². The Balaban J connectivity index is 2.24. The van der Waals surface area contributed by atoms with Crippen LogP contribution < -0.4 is 5.32 Å². The Hall–Kier alpha value is -1.26. The van der Waals surface area contributed by atoms with Crippen LogP contribution in [0.1, 0.15) is 58.8 Å². The smallest absolute Gasteiger partial charge is 0.317 e. The lowest BCUT2D eigenvalue weighted by atomic mass is 9.85. The molecule has 0 saturated heterocycles. The molecule has 1 rings (SSSR count). The van der Waals surface area contributed by atoms with E-state index < -0.39 is 11.9 Å². The van der Waals surface area contributed by atoms with Crippen LogP contribution in [-0.2, 0) is 4.79 Å². The number of nitrogens with zero attached hydrogens (tertiary/aromatic N) is 1. The molecule has 0 aliphatic heterocycles. The van der Waals surface area contributed by atoms with E-state index in [1.165, 1.54) is 43.4 Å². The average molecular weight is 298 g/mol. The van der Waals surface area contributed by atoms with Gasteiger partial charge in [0.15, 0.2) is 0 Å². The van der Waals surface area contributed by atoms with E-state index in [2.05, 4.69) is 5.32 Å². The van der Waals surface area contributed by atoms with Crippen molar-refractivity contribution in [3.63, 3.8) is 0 Å². The van der Waals surface area contributed by atoms with E-state index in [4.69, 9.17) is 5.11 Å². The molecular weight excluding hydrogens is 268 g/mol. The van der Waals surface area contributed by atoms with Crippen LogP contribution in [0.3, 0.4) is 0 Å². The maximum atomic E-state index is 12.0. The molecule has 2 unspecified atom stereocenters. The molecule has 1 aliphatic carbocycles. The molecule has 2 atom stereocenters. The lowest BCUT2D eigenvalue weighted by Crippen LogP contribution is -2.44. The molecule has 0 aromatic rings. The van der Waals surface area contributed by atoms with Crippen LogP contribution in [0.25, 0.3) is 0 Å². The number of hydrogen-bond donors (Lipinski definition) is 2. The van der Waals surface area contributed by atoms with Crippen molar-refractivity contribution in [2.24, 2.45) is 11.8 Å². The monoisotopic (exact) mass is 298 g/mol. The molecule has 0 radical (unpaired) electrons. The van der Waals surface area contributed by atoms with Crippen LogP contribution >= 0.6 is 0 Å².